The molecule has 1 atom stereocenters. The van der Waals surface area contributed by atoms with Crippen LogP contribution in [0.4, 0.5) is 0 Å². The molecular formula is C11H16. The molecule has 0 unspecified atom stereocenters. The van der Waals surface area contributed by atoms with E-state index in [9.17, 15) is 0 Å². The lowest BCUT2D eigenvalue weighted by atomic mass is 9.84. The quantitative estimate of drug-likeness (QED) is 0.562. The van der Waals surface area contributed by atoms with E-state index in [1.54, 1.807) is 0 Å². The molecule has 1 rings (SSSR count). The van der Waals surface area contributed by atoms with Gasteiger partial charge in [-0.15, -0.1) is 0 Å². The maximum absolute atomic E-state index is 3.83. The van der Waals surface area contributed by atoms with E-state index in [1.807, 2.05) is 12.2 Å². The van der Waals surface area contributed by atoms with Crippen molar-refractivity contribution in [3.63, 3.8) is 0 Å². The average molecular weight is 148 g/mol. The number of allylic oxidation sites excluding steroid dienone is 4. The SMILES string of the molecule is C=CC1=C(C=C)[C@H](C)CCC1. The van der Waals surface area contributed by atoms with E-state index < -0.39 is 0 Å². The van der Waals surface area contributed by atoms with Crippen LogP contribution in [0.15, 0.2) is 36.5 Å². The van der Waals surface area contributed by atoms with Crippen LogP contribution in [0.3, 0.4) is 0 Å². The largest absolute Gasteiger partial charge is 0.0988 e. The summed E-state index contributed by atoms with van der Waals surface area (Å²) in [6.07, 6.45) is 7.77. The molecule has 0 aromatic carbocycles. The van der Waals surface area contributed by atoms with Gasteiger partial charge < -0.3 is 0 Å². The number of hydrogen-bond donors (Lipinski definition) is 0. The molecule has 0 aromatic heterocycles. The molecular weight excluding hydrogens is 132 g/mol. The van der Waals surface area contributed by atoms with Gasteiger partial charge in [0.05, 0.1) is 0 Å². The third-order valence-corrected chi connectivity index (χ3v) is 2.45. The Morgan fingerprint density at radius 3 is 2.55 bits per heavy atom. The van der Waals surface area contributed by atoms with Gasteiger partial charge in [-0.1, -0.05) is 32.2 Å². The van der Waals surface area contributed by atoms with Crippen molar-refractivity contribution in [3.05, 3.63) is 36.5 Å². The normalized spacial score (nSPS) is 25.0. The van der Waals surface area contributed by atoms with Crippen LogP contribution >= 0.6 is 0 Å². The first-order valence-corrected chi connectivity index (χ1v) is 4.27. The maximum Gasteiger partial charge on any atom is -0.0188 e. The summed E-state index contributed by atoms with van der Waals surface area (Å²) < 4.78 is 0. The van der Waals surface area contributed by atoms with Gasteiger partial charge in [0.25, 0.3) is 0 Å². The van der Waals surface area contributed by atoms with Crippen molar-refractivity contribution in [2.75, 3.05) is 0 Å². The molecule has 0 spiro atoms. The molecule has 0 aromatic rings. The van der Waals surface area contributed by atoms with Crippen molar-refractivity contribution in [1.82, 2.24) is 0 Å². The van der Waals surface area contributed by atoms with Gasteiger partial charge in [0.1, 0.15) is 0 Å². The van der Waals surface area contributed by atoms with Gasteiger partial charge in [0, 0.05) is 0 Å². The Labute approximate surface area is 69.3 Å². The summed E-state index contributed by atoms with van der Waals surface area (Å²) in [6.45, 7) is 9.90. The summed E-state index contributed by atoms with van der Waals surface area (Å²) in [5.41, 5.74) is 2.81. The molecule has 1 aliphatic rings. The molecule has 60 valence electrons. The van der Waals surface area contributed by atoms with Gasteiger partial charge >= 0.3 is 0 Å². The second-order valence-corrected chi connectivity index (χ2v) is 3.18. The number of hydrogen-bond acceptors (Lipinski definition) is 0. The zero-order valence-corrected chi connectivity index (χ0v) is 7.27. The van der Waals surface area contributed by atoms with E-state index in [-0.39, 0.29) is 0 Å². The zero-order chi connectivity index (χ0) is 8.27. The van der Waals surface area contributed by atoms with Crippen LogP contribution in [-0.4, -0.2) is 0 Å². The second kappa shape index (κ2) is 3.56. The molecule has 0 N–H and O–H groups in total. The summed E-state index contributed by atoms with van der Waals surface area (Å²) in [5.74, 6) is 0.689. The van der Waals surface area contributed by atoms with E-state index in [0.717, 1.165) is 0 Å². The summed E-state index contributed by atoms with van der Waals surface area (Å²) in [7, 11) is 0. The molecule has 0 amide bonds. The van der Waals surface area contributed by atoms with Crippen LogP contribution in [0, 0.1) is 5.92 Å². The highest BCUT2D eigenvalue weighted by Crippen LogP contribution is 2.30. The van der Waals surface area contributed by atoms with E-state index in [4.69, 9.17) is 0 Å². The summed E-state index contributed by atoms with van der Waals surface area (Å²) >= 11 is 0. The molecule has 0 radical (unpaired) electrons. The van der Waals surface area contributed by atoms with E-state index in [1.165, 1.54) is 30.4 Å². The van der Waals surface area contributed by atoms with Gasteiger partial charge in [-0.2, -0.15) is 0 Å². The molecule has 11 heavy (non-hydrogen) atoms. The van der Waals surface area contributed by atoms with E-state index >= 15 is 0 Å². The standard InChI is InChI=1S/C11H16/c1-4-10-8-6-7-9(3)11(10)5-2/h4-5,9H,1-2,6-8H2,3H3/t9-/m1/s1. The van der Waals surface area contributed by atoms with Crippen molar-refractivity contribution >= 4 is 0 Å². The smallest absolute Gasteiger partial charge is 0.0188 e. The van der Waals surface area contributed by atoms with Crippen LogP contribution in [-0.2, 0) is 0 Å². The third-order valence-electron chi connectivity index (χ3n) is 2.45. The Morgan fingerprint density at radius 2 is 2.09 bits per heavy atom. The summed E-state index contributed by atoms with van der Waals surface area (Å²) in [5, 5.41) is 0. The lowest BCUT2D eigenvalue weighted by molar-refractivity contribution is 0.552. The van der Waals surface area contributed by atoms with Gasteiger partial charge in [0.2, 0.25) is 0 Å². The predicted octanol–water partition coefficient (Wildman–Crippen LogP) is 3.48. The average Bonchev–Trinajstić information content (AvgIpc) is 2.04. The van der Waals surface area contributed by atoms with Crippen LogP contribution < -0.4 is 0 Å². The Hall–Kier alpha value is -0.780. The van der Waals surface area contributed by atoms with Crippen molar-refractivity contribution < 1.29 is 0 Å². The highest BCUT2D eigenvalue weighted by molar-refractivity contribution is 5.34. The summed E-state index contributed by atoms with van der Waals surface area (Å²) in [4.78, 5) is 0. The summed E-state index contributed by atoms with van der Waals surface area (Å²) in [6, 6.07) is 0. The highest BCUT2D eigenvalue weighted by atomic mass is 14.2. The fourth-order valence-electron chi connectivity index (χ4n) is 1.77. The van der Waals surface area contributed by atoms with Crippen molar-refractivity contribution in [3.8, 4) is 0 Å². The van der Waals surface area contributed by atoms with E-state index in [2.05, 4.69) is 20.1 Å². The minimum atomic E-state index is 0.689. The monoisotopic (exact) mass is 148 g/mol. The second-order valence-electron chi connectivity index (χ2n) is 3.18. The van der Waals surface area contributed by atoms with E-state index in [0.29, 0.717) is 5.92 Å². The molecule has 0 bridgehead atoms. The van der Waals surface area contributed by atoms with Crippen molar-refractivity contribution in [1.29, 1.82) is 0 Å². The zero-order valence-electron chi connectivity index (χ0n) is 7.27. The number of rotatable bonds is 2. The van der Waals surface area contributed by atoms with Crippen molar-refractivity contribution in [2.24, 2.45) is 5.92 Å². The molecule has 0 fully saturated rings. The third kappa shape index (κ3) is 1.62. The molecule has 0 saturated heterocycles. The van der Waals surface area contributed by atoms with Crippen LogP contribution in [0.1, 0.15) is 26.2 Å². The molecule has 0 nitrogen and oxygen atoms in total. The molecule has 0 saturated carbocycles. The Kier molecular flexibility index (Phi) is 2.70. The Balaban J connectivity index is 2.94. The van der Waals surface area contributed by atoms with Gasteiger partial charge in [0.15, 0.2) is 0 Å². The molecule has 0 heterocycles. The first-order chi connectivity index (χ1) is 5.29. The molecule has 0 heteroatoms. The minimum Gasteiger partial charge on any atom is -0.0988 e. The molecule has 1 aliphatic carbocycles. The van der Waals surface area contributed by atoms with Crippen molar-refractivity contribution in [2.45, 2.75) is 26.2 Å². The minimum absolute atomic E-state index is 0.689. The fourth-order valence-corrected chi connectivity index (χ4v) is 1.77. The predicted molar refractivity (Wildman–Crippen MR) is 50.4 cm³/mol. The molecule has 0 aliphatic heterocycles. The van der Waals surface area contributed by atoms with Gasteiger partial charge in [-0.25, -0.2) is 0 Å². The van der Waals surface area contributed by atoms with Gasteiger partial charge in [-0.3, -0.25) is 0 Å². The highest BCUT2D eigenvalue weighted by Gasteiger charge is 2.14. The Bertz CT molecular complexity index is 196. The Morgan fingerprint density at radius 1 is 1.36 bits per heavy atom. The lowest BCUT2D eigenvalue weighted by Gasteiger charge is -2.21. The fraction of sp³-hybridized carbons (Fsp3) is 0.455. The topological polar surface area (TPSA) is 0 Å². The van der Waals surface area contributed by atoms with Crippen LogP contribution in [0.5, 0.6) is 0 Å². The van der Waals surface area contributed by atoms with Gasteiger partial charge in [-0.05, 0) is 36.3 Å². The van der Waals surface area contributed by atoms with Crippen LogP contribution in [0.2, 0.25) is 0 Å². The first kappa shape index (κ1) is 8.32. The van der Waals surface area contributed by atoms with Crippen LogP contribution in [0.25, 0.3) is 0 Å². The lowest BCUT2D eigenvalue weighted by Crippen LogP contribution is -2.06. The first-order valence-electron chi connectivity index (χ1n) is 4.27. The maximum atomic E-state index is 3.83.